The van der Waals surface area contributed by atoms with Crippen LogP contribution >= 0.6 is 11.6 Å². The quantitative estimate of drug-likeness (QED) is 0.853. The van der Waals surface area contributed by atoms with Crippen molar-refractivity contribution in [1.82, 2.24) is 0 Å². The Morgan fingerprint density at radius 3 is 2.64 bits per heavy atom. The lowest BCUT2D eigenvalue weighted by Crippen LogP contribution is -2.46. The molecule has 1 aliphatic heterocycles. The monoisotopic (exact) mass is 319 g/mol. The molecule has 0 saturated heterocycles. The van der Waals surface area contributed by atoms with Gasteiger partial charge in [-0.2, -0.15) is 0 Å². The van der Waals surface area contributed by atoms with Crippen molar-refractivity contribution in [2.45, 2.75) is 24.9 Å². The average molecular weight is 320 g/mol. The van der Waals surface area contributed by atoms with Crippen LogP contribution in [0, 0.1) is 0 Å². The van der Waals surface area contributed by atoms with E-state index in [4.69, 9.17) is 26.1 Å². The highest BCUT2D eigenvalue weighted by Gasteiger charge is 2.40. The lowest BCUT2D eigenvalue weighted by Gasteiger charge is -2.36. The molecule has 2 atom stereocenters. The molecular formula is C17H18ClNO3. The molecule has 1 heterocycles. The molecule has 0 amide bonds. The van der Waals surface area contributed by atoms with Gasteiger partial charge in [-0.15, -0.1) is 0 Å². The first-order valence-electron chi connectivity index (χ1n) is 7.08. The van der Waals surface area contributed by atoms with Gasteiger partial charge in [0.2, 0.25) is 5.79 Å². The Morgan fingerprint density at radius 2 is 2.00 bits per heavy atom. The van der Waals surface area contributed by atoms with Gasteiger partial charge < -0.3 is 14.6 Å². The van der Waals surface area contributed by atoms with E-state index in [0.717, 1.165) is 21.7 Å². The van der Waals surface area contributed by atoms with Gasteiger partial charge in [-0.1, -0.05) is 23.8 Å². The van der Waals surface area contributed by atoms with Crippen LogP contribution in [0.1, 0.15) is 6.92 Å². The van der Waals surface area contributed by atoms with Crippen molar-refractivity contribution in [3.05, 3.63) is 57.6 Å². The van der Waals surface area contributed by atoms with Crippen molar-refractivity contribution in [1.29, 1.82) is 0 Å². The molecular weight excluding hydrogens is 302 g/mol. The SMILES string of the molecule is COC(OC)(C1=C[C@@H]2N=c3ccc(Cl)cc3=C2C=C1)[C@@H](C)O. The summed E-state index contributed by atoms with van der Waals surface area (Å²) in [6.45, 7) is 1.64. The van der Waals surface area contributed by atoms with Gasteiger partial charge in [-0.3, -0.25) is 4.99 Å². The molecule has 1 aromatic rings. The molecule has 22 heavy (non-hydrogen) atoms. The lowest BCUT2D eigenvalue weighted by atomic mass is 9.90. The van der Waals surface area contributed by atoms with Crippen LogP contribution in [-0.4, -0.2) is 37.3 Å². The van der Waals surface area contributed by atoms with Gasteiger partial charge in [0.25, 0.3) is 0 Å². The highest BCUT2D eigenvalue weighted by Crippen LogP contribution is 2.33. The minimum absolute atomic E-state index is 0.114. The Bertz CT molecular complexity index is 776. The summed E-state index contributed by atoms with van der Waals surface area (Å²) < 4.78 is 10.9. The van der Waals surface area contributed by atoms with Gasteiger partial charge in [0.15, 0.2) is 0 Å². The summed E-state index contributed by atoms with van der Waals surface area (Å²) in [7, 11) is 3.04. The summed E-state index contributed by atoms with van der Waals surface area (Å²) in [6, 6.07) is 5.56. The number of aliphatic hydroxyl groups excluding tert-OH is 1. The Kier molecular flexibility index (Phi) is 3.95. The maximum atomic E-state index is 10.1. The standard InChI is InChI=1S/C17H18ClNO3/c1-10(20)17(21-2,22-3)11-4-6-13-14-9-12(18)5-7-15(14)19-16(13)8-11/h4-10,16,20H,1-3H3/t10-,16+/m1/s1. The average Bonchev–Trinajstić information content (AvgIpc) is 2.86. The van der Waals surface area contributed by atoms with Crippen LogP contribution in [0.25, 0.3) is 5.57 Å². The first-order valence-corrected chi connectivity index (χ1v) is 7.46. The van der Waals surface area contributed by atoms with Crippen molar-refractivity contribution in [2.75, 3.05) is 14.2 Å². The van der Waals surface area contributed by atoms with E-state index in [0.29, 0.717) is 5.02 Å². The number of hydrogen-bond acceptors (Lipinski definition) is 4. The molecule has 0 aromatic heterocycles. The van der Waals surface area contributed by atoms with Gasteiger partial charge in [0, 0.05) is 30.0 Å². The van der Waals surface area contributed by atoms with Crippen molar-refractivity contribution in [3.8, 4) is 0 Å². The number of halogens is 1. The minimum Gasteiger partial charge on any atom is -0.387 e. The number of methoxy groups -OCH3 is 2. The van der Waals surface area contributed by atoms with E-state index < -0.39 is 11.9 Å². The Hall–Kier alpha value is -1.46. The van der Waals surface area contributed by atoms with Crippen molar-refractivity contribution < 1.29 is 14.6 Å². The fourth-order valence-corrected chi connectivity index (χ4v) is 3.26. The molecule has 0 unspecified atom stereocenters. The third kappa shape index (κ3) is 2.23. The topological polar surface area (TPSA) is 51.0 Å². The number of ether oxygens (including phenoxy) is 2. The van der Waals surface area contributed by atoms with E-state index in [1.807, 2.05) is 36.4 Å². The number of aliphatic hydroxyl groups is 1. The number of hydrogen-bond donors (Lipinski definition) is 1. The van der Waals surface area contributed by atoms with Crippen LogP contribution in [0.4, 0.5) is 0 Å². The fraction of sp³-hybridized carbons (Fsp3) is 0.353. The van der Waals surface area contributed by atoms with E-state index in [1.165, 1.54) is 14.2 Å². The summed E-state index contributed by atoms with van der Waals surface area (Å²) >= 11 is 6.07. The molecule has 4 nitrogen and oxygen atoms in total. The van der Waals surface area contributed by atoms with E-state index in [-0.39, 0.29) is 6.04 Å². The Balaban J connectivity index is 2.10. The molecule has 0 radical (unpaired) electrons. The van der Waals surface area contributed by atoms with Crippen LogP contribution in [0.3, 0.4) is 0 Å². The van der Waals surface area contributed by atoms with Gasteiger partial charge in [0.05, 0.1) is 11.4 Å². The zero-order chi connectivity index (χ0) is 15.9. The second-order valence-corrected chi connectivity index (χ2v) is 5.83. The van der Waals surface area contributed by atoms with Crippen LogP contribution in [-0.2, 0) is 9.47 Å². The predicted octanol–water partition coefficient (Wildman–Crippen LogP) is 1.36. The first kappa shape index (κ1) is 15.4. The van der Waals surface area contributed by atoms with Crippen LogP contribution < -0.4 is 10.6 Å². The van der Waals surface area contributed by atoms with Crippen molar-refractivity contribution >= 4 is 17.2 Å². The Labute approximate surface area is 134 Å². The molecule has 1 aromatic carbocycles. The number of nitrogens with zero attached hydrogens (tertiary/aromatic N) is 1. The third-order valence-electron chi connectivity index (χ3n) is 4.21. The maximum Gasteiger partial charge on any atom is 0.220 e. The molecule has 0 fully saturated rings. The summed E-state index contributed by atoms with van der Waals surface area (Å²) in [5.41, 5.74) is 1.84. The fourth-order valence-electron chi connectivity index (χ4n) is 3.09. The molecule has 1 N–H and O–H groups in total. The highest BCUT2D eigenvalue weighted by molar-refractivity contribution is 6.30. The number of rotatable bonds is 4. The van der Waals surface area contributed by atoms with E-state index in [1.54, 1.807) is 6.92 Å². The zero-order valence-corrected chi connectivity index (χ0v) is 13.5. The first-order chi connectivity index (χ1) is 10.5. The van der Waals surface area contributed by atoms with E-state index >= 15 is 0 Å². The second kappa shape index (κ2) is 5.63. The van der Waals surface area contributed by atoms with Crippen LogP contribution in [0.5, 0.6) is 0 Å². The van der Waals surface area contributed by atoms with E-state index in [2.05, 4.69) is 0 Å². The summed E-state index contributed by atoms with van der Waals surface area (Å²) in [5.74, 6) is -1.19. The smallest absolute Gasteiger partial charge is 0.220 e. The largest absolute Gasteiger partial charge is 0.387 e. The number of fused-ring (bicyclic) bond motifs is 2. The molecule has 1 aliphatic carbocycles. The molecule has 2 aliphatic rings. The normalized spacial score (nSPS) is 21.0. The molecule has 0 bridgehead atoms. The predicted molar refractivity (Wildman–Crippen MR) is 85.1 cm³/mol. The lowest BCUT2D eigenvalue weighted by molar-refractivity contribution is -0.227. The molecule has 3 rings (SSSR count). The van der Waals surface area contributed by atoms with Crippen molar-refractivity contribution in [3.63, 3.8) is 0 Å². The third-order valence-corrected chi connectivity index (χ3v) is 4.44. The van der Waals surface area contributed by atoms with Crippen LogP contribution in [0.15, 0.2) is 47.0 Å². The van der Waals surface area contributed by atoms with Gasteiger partial charge in [-0.25, -0.2) is 0 Å². The van der Waals surface area contributed by atoms with Gasteiger partial charge in [-0.05, 0) is 36.8 Å². The molecule has 0 saturated carbocycles. The summed E-state index contributed by atoms with van der Waals surface area (Å²) in [5, 5.41) is 12.7. The highest BCUT2D eigenvalue weighted by atomic mass is 35.5. The van der Waals surface area contributed by atoms with Crippen molar-refractivity contribution in [2.24, 2.45) is 4.99 Å². The maximum absolute atomic E-state index is 10.1. The zero-order valence-electron chi connectivity index (χ0n) is 12.7. The minimum atomic E-state index is -1.19. The second-order valence-electron chi connectivity index (χ2n) is 5.40. The molecule has 116 valence electrons. The summed E-state index contributed by atoms with van der Waals surface area (Å²) in [4.78, 5) is 4.69. The van der Waals surface area contributed by atoms with E-state index in [9.17, 15) is 5.11 Å². The number of benzene rings is 1. The Morgan fingerprint density at radius 1 is 1.27 bits per heavy atom. The van der Waals surface area contributed by atoms with Gasteiger partial charge in [0.1, 0.15) is 6.10 Å². The molecule has 5 heteroatoms. The summed E-state index contributed by atoms with van der Waals surface area (Å²) in [6.07, 6.45) is 5.03. The molecule has 0 spiro atoms. The van der Waals surface area contributed by atoms with Crippen LogP contribution in [0.2, 0.25) is 5.02 Å². The van der Waals surface area contributed by atoms with Gasteiger partial charge >= 0.3 is 0 Å².